The van der Waals surface area contributed by atoms with Crippen molar-refractivity contribution in [2.75, 3.05) is 13.1 Å². The fourth-order valence-electron chi connectivity index (χ4n) is 2.80. The van der Waals surface area contributed by atoms with Gasteiger partial charge in [0.25, 0.3) is 5.91 Å². The fourth-order valence-corrected chi connectivity index (χ4v) is 3.54. The summed E-state index contributed by atoms with van der Waals surface area (Å²) >= 11 is 1.39. The number of hydrogen-bond donors (Lipinski definition) is 1. The van der Waals surface area contributed by atoms with Crippen LogP contribution < -0.4 is 0 Å². The third-order valence-electron chi connectivity index (χ3n) is 3.92. The molecule has 0 bridgehead atoms. The number of carbonyl (C=O) groups is 1. The Kier molecular flexibility index (Phi) is 3.62. The maximum atomic E-state index is 12.7. The van der Waals surface area contributed by atoms with E-state index in [2.05, 4.69) is 25.3 Å². The predicted octanol–water partition coefficient (Wildman–Crippen LogP) is 1.60. The molecule has 4 heterocycles. The number of H-pyrrole nitrogens is 1. The molecule has 0 unspecified atom stereocenters. The van der Waals surface area contributed by atoms with Crippen LogP contribution >= 0.6 is 11.3 Å². The van der Waals surface area contributed by atoms with E-state index in [1.807, 2.05) is 21.8 Å². The SMILES string of the molecule is O=C(c1csc(-c2ncn[nH]2)n1)N1CCC[C@@H](n2cccn2)C1. The minimum absolute atomic E-state index is 0.0381. The van der Waals surface area contributed by atoms with E-state index in [0.717, 1.165) is 19.4 Å². The van der Waals surface area contributed by atoms with E-state index in [1.165, 1.54) is 17.7 Å². The lowest BCUT2D eigenvalue weighted by atomic mass is 10.1. The van der Waals surface area contributed by atoms with Crippen LogP contribution in [0.3, 0.4) is 0 Å². The normalized spacial score (nSPS) is 18.3. The number of likely N-dealkylation sites (tertiary alicyclic amines) is 1. The third-order valence-corrected chi connectivity index (χ3v) is 4.77. The summed E-state index contributed by atoms with van der Waals surface area (Å²) in [5.41, 5.74) is 0.461. The summed E-state index contributed by atoms with van der Waals surface area (Å²) in [6, 6.07) is 2.14. The van der Waals surface area contributed by atoms with Gasteiger partial charge in [0.1, 0.15) is 12.0 Å². The van der Waals surface area contributed by atoms with E-state index in [-0.39, 0.29) is 11.9 Å². The molecule has 0 aliphatic carbocycles. The quantitative estimate of drug-likeness (QED) is 0.788. The van der Waals surface area contributed by atoms with E-state index in [4.69, 9.17) is 0 Å². The molecule has 1 fully saturated rings. The number of carbonyl (C=O) groups excluding carboxylic acids is 1. The van der Waals surface area contributed by atoms with Gasteiger partial charge >= 0.3 is 0 Å². The molecule has 0 aromatic carbocycles. The number of hydrogen-bond acceptors (Lipinski definition) is 6. The van der Waals surface area contributed by atoms with Gasteiger partial charge in [-0.1, -0.05) is 0 Å². The molecule has 1 N–H and O–H groups in total. The highest BCUT2D eigenvalue weighted by molar-refractivity contribution is 7.13. The topological polar surface area (TPSA) is 92.6 Å². The number of aromatic amines is 1. The Balaban J connectivity index is 1.50. The van der Waals surface area contributed by atoms with Crippen LogP contribution in [0.15, 0.2) is 30.2 Å². The van der Waals surface area contributed by atoms with E-state index in [1.54, 1.807) is 11.6 Å². The van der Waals surface area contributed by atoms with E-state index >= 15 is 0 Å². The van der Waals surface area contributed by atoms with E-state index in [9.17, 15) is 4.79 Å². The van der Waals surface area contributed by atoms with Gasteiger partial charge in [0.15, 0.2) is 10.8 Å². The van der Waals surface area contributed by atoms with Gasteiger partial charge in [-0.05, 0) is 18.9 Å². The molecule has 1 aliphatic heterocycles. The summed E-state index contributed by atoms with van der Waals surface area (Å²) in [7, 11) is 0. The summed E-state index contributed by atoms with van der Waals surface area (Å²) in [6.07, 6.45) is 7.15. The fraction of sp³-hybridized carbons (Fsp3) is 0.357. The molecular formula is C14H15N7OS. The van der Waals surface area contributed by atoms with Crippen LogP contribution in [-0.4, -0.2) is 53.8 Å². The Bertz CT molecular complexity index is 780. The Morgan fingerprint density at radius 2 is 2.39 bits per heavy atom. The van der Waals surface area contributed by atoms with Crippen LogP contribution in [0.2, 0.25) is 0 Å². The number of amides is 1. The first-order valence-electron chi connectivity index (χ1n) is 7.41. The van der Waals surface area contributed by atoms with Gasteiger partial charge in [0, 0.05) is 30.9 Å². The van der Waals surface area contributed by atoms with E-state index < -0.39 is 0 Å². The molecule has 1 amide bonds. The maximum absolute atomic E-state index is 12.7. The summed E-state index contributed by atoms with van der Waals surface area (Å²) in [5.74, 6) is 0.547. The van der Waals surface area contributed by atoms with Crippen molar-refractivity contribution in [1.82, 2.24) is 34.8 Å². The van der Waals surface area contributed by atoms with Crippen LogP contribution in [0.1, 0.15) is 29.4 Å². The Labute approximate surface area is 136 Å². The average Bonchev–Trinajstić information content (AvgIpc) is 3.36. The minimum Gasteiger partial charge on any atom is -0.335 e. The van der Waals surface area contributed by atoms with Gasteiger partial charge in [-0.2, -0.15) is 10.2 Å². The highest BCUT2D eigenvalue weighted by Crippen LogP contribution is 2.24. The van der Waals surface area contributed by atoms with Crippen LogP contribution in [-0.2, 0) is 0 Å². The molecule has 4 rings (SSSR count). The number of nitrogens with one attached hydrogen (secondary N) is 1. The molecule has 1 aliphatic rings. The predicted molar refractivity (Wildman–Crippen MR) is 83.9 cm³/mol. The summed E-state index contributed by atoms with van der Waals surface area (Å²) in [6.45, 7) is 1.42. The van der Waals surface area contributed by atoms with Crippen molar-refractivity contribution in [1.29, 1.82) is 0 Å². The van der Waals surface area contributed by atoms with Gasteiger partial charge in [0.05, 0.1) is 6.04 Å². The third kappa shape index (κ3) is 2.74. The molecular weight excluding hydrogens is 314 g/mol. The van der Waals surface area contributed by atoms with Crippen LogP contribution in [0, 0.1) is 0 Å². The molecule has 1 atom stereocenters. The molecule has 1 saturated heterocycles. The summed E-state index contributed by atoms with van der Waals surface area (Å²) in [5, 5.41) is 13.3. The number of rotatable bonds is 3. The zero-order chi connectivity index (χ0) is 15.6. The van der Waals surface area contributed by atoms with Crippen LogP contribution in [0.5, 0.6) is 0 Å². The molecule has 0 radical (unpaired) electrons. The number of nitrogens with zero attached hydrogens (tertiary/aromatic N) is 6. The Hall–Kier alpha value is -2.55. The number of thiazole rings is 1. The minimum atomic E-state index is -0.0381. The van der Waals surface area contributed by atoms with Crippen molar-refractivity contribution < 1.29 is 4.79 Å². The first-order chi connectivity index (χ1) is 11.3. The first-order valence-corrected chi connectivity index (χ1v) is 8.29. The van der Waals surface area contributed by atoms with Gasteiger partial charge in [-0.15, -0.1) is 11.3 Å². The maximum Gasteiger partial charge on any atom is 0.273 e. The van der Waals surface area contributed by atoms with Crippen molar-refractivity contribution in [3.8, 4) is 10.8 Å². The average molecular weight is 329 g/mol. The Morgan fingerprint density at radius 3 is 3.17 bits per heavy atom. The van der Waals surface area contributed by atoms with Crippen molar-refractivity contribution in [2.24, 2.45) is 0 Å². The smallest absolute Gasteiger partial charge is 0.273 e. The number of aromatic nitrogens is 6. The monoisotopic (exact) mass is 329 g/mol. The van der Waals surface area contributed by atoms with Crippen LogP contribution in [0.25, 0.3) is 10.8 Å². The summed E-state index contributed by atoms with van der Waals surface area (Å²) < 4.78 is 1.93. The zero-order valence-electron chi connectivity index (χ0n) is 12.3. The van der Waals surface area contributed by atoms with Crippen molar-refractivity contribution in [3.63, 3.8) is 0 Å². The number of piperidine rings is 1. The highest BCUT2D eigenvalue weighted by Gasteiger charge is 2.27. The second-order valence-corrected chi connectivity index (χ2v) is 6.26. The van der Waals surface area contributed by atoms with Gasteiger partial charge in [0.2, 0.25) is 0 Å². The molecule has 23 heavy (non-hydrogen) atoms. The van der Waals surface area contributed by atoms with Crippen LogP contribution in [0.4, 0.5) is 0 Å². The molecule has 9 heteroatoms. The van der Waals surface area contributed by atoms with E-state index in [0.29, 0.717) is 23.1 Å². The van der Waals surface area contributed by atoms with Gasteiger partial charge in [-0.25, -0.2) is 9.97 Å². The van der Waals surface area contributed by atoms with Gasteiger partial charge in [-0.3, -0.25) is 14.6 Å². The standard InChI is InChI=1S/C14H15N7OS/c22-14(11-8-23-13(18-11)12-15-9-16-19-12)20-5-1-3-10(7-20)21-6-2-4-17-21/h2,4,6,8-10H,1,3,5,7H2,(H,15,16,19)/t10-/m1/s1. The lowest BCUT2D eigenvalue weighted by Crippen LogP contribution is -2.41. The highest BCUT2D eigenvalue weighted by atomic mass is 32.1. The second kappa shape index (κ2) is 5.92. The summed E-state index contributed by atoms with van der Waals surface area (Å²) in [4.78, 5) is 23.0. The molecule has 3 aromatic heterocycles. The van der Waals surface area contributed by atoms with Crippen molar-refractivity contribution >= 4 is 17.2 Å². The van der Waals surface area contributed by atoms with Crippen molar-refractivity contribution in [2.45, 2.75) is 18.9 Å². The Morgan fingerprint density at radius 1 is 1.43 bits per heavy atom. The van der Waals surface area contributed by atoms with Gasteiger partial charge < -0.3 is 4.90 Å². The molecule has 3 aromatic rings. The van der Waals surface area contributed by atoms with Crippen molar-refractivity contribution in [3.05, 3.63) is 35.9 Å². The molecule has 0 spiro atoms. The lowest BCUT2D eigenvalue weighted by Gasteiger charge is -2.32. The largest absolute Gasteiger partial charge is 0.335 e. The molecule has 8 nitrogen and oxygen atoms in total. The molecule has 0 saturated carbocycles. The zero-order valence-corrected chi connectivity index (χ0v) is 13.1. The lowest BCUT2D eigenvalue weighted by molar-refractivity contribution is 0.0668. The molecule has 118 valence electrons. The second-order valence-electron chi connectivity index (χ2n) is 5.41. The first kappa shape index (κ1) is 14.1.